The van der Waals surface area contributed by atoms with Crippen molar-refractivity contribution in [3.63, 3.8) is 0 Å². The second-order valence-electron chi connectivity index (χ2n) is 9.62. The van der Waals surface area contributed by atoms with Crippen LogP contribution in [0.1, 0.15) is 22.3 Å². The Morgan fingerprint density at radius 3 is 1.83 bits per heavy atom. The molecule has 6 aromatic rings. The van der Waals surface area contributed by atoms with Gasteiger partial charge in [-0.25, -0.2) is 4.98 Å². The van der Waals surface area contributed by atoms with Crippen LogP contribution in [-0.2, 0) is 5.41 Å². The van der Waals surface area contributed by atoms with Gasteiger partial charge in [-0.15, -0.1) is 0 Å². The molecule has 0 aliphatic heterocycles. The Morgan fingerprint density at radius 2 is 1.14 bits per heavy atom. The summed E-state index contributed by atoms with van der Waals surface area (Å²) in [5, 5.41) is 1.91. The number of rotatable bonds is 1. The largest absolute Gasteiger partial charge is 0.247 e. The second kappa shape index (κ2) is 7.16. The third-order valence-electron chi connectivity index (χ3n) is 7.92. The van der Waals surface area contributed by atoms with Gasteiger partial charge in [0, 0.05) is 21.5 Å². The molecular weight excluding hydrogens is 458 g/mol. The van der Waals surface area contributed by atoms with Crippen LogP contribution < -0.4 is 0 Å². The molecule has 8 rings (SSSR count). The standard InChI is InChI=1S/C34H20ClN/c35-22-11-9-10-21(20-22)33-31-25-14-3-7-18-29(25)34(32(31)26-15-4-8-19-30(26)36-33)27-16-5-1-12-23(27)24-13-2-6-17-28(24)34/h1-20H. The Kier molecular flexibility index (Phi) is 3.99. The lowest BCUT2D eigenvalue weighted by Crippen LogP contribution is -2.26. The molecule has 0 saturated heterocycles. The second-order valence-corrected chi connectivity index (χ2v) is 10.1. The Bertz CT molecular complexity index is 1820. The van der Waals surface area contributed by atoms with Gasteiger partial charge < -0.3 is 0 Å². The highest BCUT2D eigenvalue weighted by Gasteiger charge is 2.53. The molecule has 0 radical (unpaired) electrons. The molecule has 36 heavy (non-hydrogen) atoms. The number of para-hydroxylation sites is 1. The number of hydrogen-bond donors (Lipinski definition) is 0. The van der Waals surface area contributed by atoms with Crippen molar-refractivity contribution >= 4 is 22.5 Å². The molecule has 0 saturated carbocycles. The lowest BCUT2D eigenvalue weighted by Gasteiger charge is -2.31. The molecule has 1 heterocycles. The fourth-order valence-corrected chi connectivity index (χ4v) is 6.86. The maximum atomic E-state index is 6.49. The van der Waals surface area contributed by atoms with Gasteiger partial charge >= 0.3 is 0 Å². The minimum absolute atomic E-state index is 0.408. The number of benzene rings is 5. The van der Waals surface area contributed by atoms with Gasteiger partial charge in [-0.05, 0) is 57.1 Å². The van der Waals surface area contributed by atoms with Crippen LogP contribution in [0.5, 0.6) is 0 Å². The van der Waals surface area contributed by atoms with E-state index >= 15 is 0 Å². The van der Waals surface area contributed by atoms with E-state index in [9.17, 15) is 0 Å². The summed E-state index contributed by atoms with van der Waals surface area (Å²) in [6, 6.07) is 43.4. The topological polar surface area (TPSA) is 12.9 Å². The number of aromatic nitrogens is 1. The molecular formula is C34H20ClN. The summed E-state index contributed by atoms with van der Waals surface area (Å²) < 4.78 is 0. The van der Waals surface area contributed by atoms with Crippen LogP contribution in [0, 0.1) is 0 Å². The molecule has 1 aromatic heterocycles. The first-order valence-corrected chi connectivity index (χ1v) is 12.6. The third-order valence-corrected chi connectivity index (χ3v) is 8.15. The van der Waals surface area contributed by atoms with Crippen LogP contribution in [-0.4, -0.2) is 4.98 Å². The van der Waals surface area contributed by atoms with E-state index in [-0.39, 0.29) is 0 Å². The molecule has 2 aliphatic rings. The summed E-state index contributed by atoms with van der Waals surface area (Å²) in [4.78, 5) is 5.26. The van der Waals surface area contributed by atoms with Gasteiger partial charge in [0.1, 0.15) is 0 Å². The highest BCUT2D eigenvalue weighted by molar-refractivity contribution is 6.30. The molecule has 0 bridgehead atoms. The molecule has 0 atom stereocenters. The molecule has 0 amide bonds. The van der Waals surface area contributed by atoms with E-state index in [0.29, 0.717) is 5.02 Å². The minimum atomic E-state index is -0.408. The highest BCUT2D eigenvalue weighted by atomic mass is 35.5. The number of fused-ring (bicyclic) bond motifs is 12. The predicted molar refractivity (Wildman–Crippen MR) is 148 cm³/mol. The quantitative estimate of drug-likeness (QED) is 0.230. The molecule has 0 fully saturated rings. The SMILES string of the molecule is Clc1cccc(-c2nc3ccccc3c3c2-c2ccccc2C32c3ccccc3-c3ccccc32)c1. The summed E-state index contributed by atoms with van der Waals surface area (Å²) in [5.41, 5.74) is 13.0. The van der Waals surface area contributed by atoms with Gasteiger partial charge in [-0.3, -0.25) is 0 Å². The van der Waals surface area contributed by atoms with Crippen molar-refractivity contribution in [3.05, 3.63) is 149 Å². The first kappa shape index (κ1) is 20.0. The summed E-state index contributed by atoms with van der Waals surface area (Å²) in [6.45, 7) is 0. The fraction of sp³-hybridized carbons (Fsp3) is 0.0294. The van der Waals surface area contributed by atoms with Crippen molar-refractivity contribution in [2.24, 2.45) is 0 Å². The zero-order valence-electron chi connectivity index (χ0n) is 19.4. The van der Waals surface area contributed by atoms with E-state index in [1.807, 2.05) is 18.2 Å². The summed E-state index contributed by atoms with van der Waals surface area (Å²) in [7, 11) is 0. The Balaban J connectivity index is 1.65. The van der Waals surface area contributed by atoms with Crippen LogP contribution >= 0.6 is 11.6 Å². The van der Waals surface area contributed by atoms with Crippen LogP contribution in [0.3, 0.4) is 0 Å². The first-order chi connectivity index (χ1) is 17.8. The molecule has 168 valence electrons. The third kappa shape index (κ3) is 2.39. The monoisotopic (exact) mass is 477 g/mol. The van der Waals surface area contributed by atoms with Crippen LogP contribution in [0.15, 0.2) is 121 Å². The zero-order valence-corrected chi connectivity index (χ0v) is 20.1. The van der Waals surface area contributed by atoms with E-state index in [0.717, 1.165) is 16.8 Å². The fourth-order valence-electron chi connectivity index (χ4n) is 6.67. The smallest absolute Gasteiger partial charge is 0.0792 e. The predicted octanol–water partition coefficient (Wildman–Crippen LogP) is 8.90. The number of pyridine rings is 1. The molecule has 2 heteroatoms. The van der Waals surface area contributed by atoms with E-state index in [1.54, 1.807) is 0 Å². The average Bonchev–Trinajstić information content (AvgIpc) is 3.41. The van der Waals surface area contributed by atoms with Gasteiger partial charge in [0.25, 0.3) is 0 Å². The Hall–Kier alpha value is -4.20. The van der Waals surface area contributed by atoms with Gasteiger partial charge in [-0.2, -0.15) is 0 Å². The van der Waals surface area contributed by atoms with E-state index in [2.05, 4.69) is 103 Å². The number of nitrogens with zero attached hydrogens (tertiary/aromatic N) is 1. The Morgan fingerprint density at radius 1 is 0.556 bits per heavy atom. The van der Waals surface area contributed by atoms with E-state index in [4.69, 9.17) is 16.6 Å². The van der Waals surface area contributed by atoms with Crippen molar-refractivity contribution in [1.29, 1.82) is 0 Å². The normalized spacial score (nSPS) is 13.9. The molecule has 2 aliphatic carbocycles. The number of hydrogen-bond acceptors (Lipinski definition) is 1. The van der Waals surface area contributed by atoms with Crippen molar-refractivity contribution in [2.45, 2.75) is 5.41 Å². The first-order valence-electron chi connectivity index (χ1n) is 12.3. The molecule has 1 spiro atoms. The van der Waals surface area contributed by atoms with E-state index in [1.165, 1.54) is 49.9 Å². The zero-order chi connectivity index (χ0) is 23.9. The summed E-state index contributed by atoms with van der Waals surface area (Å²) >= 11 is 6.49. The maximum absolute atomic E-state index is 6.49. The van der Waals surface area contributed by atoms with Crippen LogP contribution in [0.2, 0.25) is 5.02 Å². The van der Waals surface area contributed by atoms with Gasteiger partial charge in [0.2, 0.25) is 0 Å². The van der Waals surface area contributed by atoms with Gasteiger partial charge in [-0.1, -0.05) is 115 Å². The maximum Gasteiger partial charge on any atom is 0.0792 e. The lowest BCUT2D eigenvalue weighted by atomic mass is 9.69. The van der Waals surface area contributed by atoms with Crippen molar-refractivity contribution in [2.75, 3.05) is 0 Å². The summed E-state index contributed by atoms with van der Waals surface area (Å²) in [5.74, 6) is 0. The van der Waals surface area contributed by atoms with Gasteiger partial charge in [0.05, 0.1) is 16.6 Å². The lowest BCUT2D eigenvalue weighted by molar-refractivity contribution is 0.801. The van der Waals surface area contributed by atoms with Crippen LogP contribution in [0.25, 0.3) is 44.4 Å². The molecule has 1 nitrogen and oxygen atoms in total. The average molecular weight is 478 g/mol. The van der Waals surface area contributed by atoms with Crippen molar-refractivity contribution in [1.82, 2.24) is 4.98 Å². The highest BCUT2D eigenvalue weighted by Crippen LogP contribution is 2.65. The minimum Gasteiger partial charge on any atom is -0.247 e. The van der Waals surface area contributed by atoms with Crippen molar-refractivity contribution in [3.8, 4) is 33.5 Å². The molecule has 0 unspecified atom stereocenters. The van der Waals surface area contributed by atoms with Crippen molar-refractivity contribution < 1.29 is 0 Å². The molecule has 5 aromatic carbocycles. The Labute approximate surface area is 214 Å². The number of halogens is 1. The van der Waals surface area contributed by atoms with Gasteiger partial charge in [0.15, 0.2) is 0 Å². The van der Waals surface area contributed by atoms with Crippen LogP contribution in [0.4, 0.5) is 0 Å². The summed E-state index contributed by atoms with van der Waals surface area (Å²) in [6.07, 6.45) is 0. The van der Waals surface area contributed by atoms with E-state index < -0.39 is 5.41 Å². The molecule has 0 N–H and O–H groups in total.